The second-order valence-electron chi connectivity index (χ2n) is 12.4. The van der Waals surface area contributed by atoms with E-state index >= 15 is 0 Å². The summed E-state index contributed by atoms with van der Waals surface area (Å²) in [4.78, 5) is 43.2. The van der Waals surface area contributed by atoms with E-state index in [0.29, 0.717) is 26.0 Å². The van der Waals surface area contributed by atoms with E-state index in [2.05, 4.69) is 29.5 Å². The zero-order chi connectivity index (χ0) is 33.1. The van der Waals surface area contributed by atoms with Crippen molar-refractivity contribution in [3.05, 3.63) is 31.2 Å². The SMILES string of the molecule is CC1(C)OCC(C)(C)[C@H](C(=O)NC=O)O1.CC1(C)OCC(C)(C)[C@H](C(N)=O)O1.O=Cn1nnc2ccccc21.[CH2-]CCC.[Li+]. The minimum atomic E-state index is -0.791. The number of hydrogen-bond acceptors (Lipinski definition) is 10. The third-order valence-corrected chi connectivity index (χ3v) is 6.33. The van der Waals surface area contributed by atoms with Gasteiger partial charge >= 0.3 is 18.9 Å². The van der Waals surface area contributed by atoms with Crippen LogP contribution in [0.2, 0.25) is 0 Å². The number of hydrogen-bond donors (Lipinski definition) is 2. The summed E-state index contributed by atoms with van der Waals surface area (Å²) < 4.78 is 23.0. The molecule has 3 N–H and O–H groups in total. The van der Waals surface area contributed by atoms with Crippen molar-refractivity contribution in [3.63, 3.8) is 0 Å². The van der Waals surface area contributed by atoms with Crippen LogP contribution < -0.4 is 29.9 Å². The number of fused-ring (bicyclic) bond motifs is 1. The number of nitrogens with one attached hydrogen (secondary N) is 1. The smallest absolute Gasteiger partial charge is 0.367 e. The van der Waals surface area contributed by atoms with Gasteiger partial charge in [0.15, 0.2) is 11.6 Å². The minimum absolute atomic E-state index is 0. The predicted molar refractivity (Wildman–Crippen MR) is 161 cm³/mol. The summed E-state index contributed by atoms with van der Waals surface area (Å²) in [5.74, 6) is -2.36. The second-order valence-corrected chi connectivity index (χ2v) is 12.4. The summed E-state index contributed by atoms with van der Waals surface area (Å²) in [6.07, 6.45) is 2.03. The molecule has 242 valence electrons. The fourth-order valence-corrected chi connectivity index (χ4v) is 3.78. The average Bonchev–Trinajstić information content (AvgIpc) is 3.36. The molecule has 2 fully saturated rings. The number of rotatable bonds is 5. The molecule has 2 saturated heterocycles. The number of aromatic nitrogens is 3. The first-order chi connectivity index (χ1) is 19.9. The van der Waals surface area contributed by atoms with E-state index in [-0.39, 0.29) is 24.3 Å². The molecule has 3 amide bonds. The van der Waals surface area contributed by atoms with Crippen LogP contribution in [0.5, 0.6) is 0 Å². The topological polar surface area (TPSA) is 174 Å². The van der Waals surface area contributed by atoms with Gasteiger partial charge in [0.25, 0.3) is 5.91 Å². The molecule has 13 nitrogen and oxygen atoms in total. The Kier molecular flexibility index (Phi) is 16.7. The van der Waals surface area contributed by atoms with Crippen molar-refractivity contribution in [2.24, 2.45) is 16.6 Å². The van der Waals surface area contributed by atoms with Crippen LogP contribution in [-0.4, -0.2) is 76.6 Å². The van der Waals surface area contributed by atoms with Gasteiger partial charge in [-0.25, -0.2) is 0 Å². The first-order valence-electron chi connectivity index (χ1n) is 14.1. The number of unbranched alkanes of at least 4 members (excludes halogenated alkanes) is 1. The first kappa shape index (κ1) is 41.3. The summed E-state index contributed by atoms with van der Waals surface area (Å²) in [6.45, 7) is 21.2. The maximum atomic E-state index is 11.6. The maximum absolute atomic E-state index is 11.6. The molecule has 0 aliphatic carbocycles. The molecular weight excluding hydrogens is 565 g/mol. The molecule has 0 radical (unpaired) electrons. The number of imide groups is 1. The fourth-order valence-electron chi connectivity index (χ4n) is 3.78. The Labute approximate surface area is 272 Å². The number of nitrogens with two attached hydrogens (primary N) is 1. The van der Waals surface area contributed by atoms with Gasteiger partial charge < -0.3 is 31.6 Å². The third kappa shape index (κ3) is 12.8. The molecule has 2 aliphatic heterocycles. The summed E-state index contributed by atoms with van der Waals surface area (Å²) >= 11 is 0. The van der Waals surface area contributed by atoms with Gasteiger partial charge in [0.2, 0.25) is 18.7 Å². The van der Waals surface area contributed by atoms with Crippen molar-refractivity contribution in [2.45, 2.75) is 98.9 Å². The Balaban J connectivity index is 0.000000591. The normalized spacial score (nSPS) is 22.0. The van der Waals surface area contributed by atoms with Crippen LogP contribution in [0.1, 0.15) is 75.2 Å². The van der Waals surface area contributed by atoms with Crippen molar-refractivity contribution < 1.29 is 57.0 Å². The number of benzene rings is 1. The molecule has 0 saturated carbocycles. The van der Waals surface area contributed by atoms with E-state index in [9.17, 15) is 19.2 Å². The second kappa shape index (κ2) is 17.7. The van der Waals surface area contributed by atoms with Crippen molar-refractivity contribution in [1.82, 2.24) is 20.3 Å². The molecule has 1 aromatic carbocycles. The van der Waals surface area contributed by atoms with Crippen molar-refractivity contribution in [3.8, 4) is 0 Å². The number of carbonyl (C=O) groups excluding carboxylic acids is 4. The molecule has 2 atom stereocenters. The average molecular weight is 614 g/mol. The number of amides is 3. The predicted octanol–water partition coefficient (Wildman–Crippen LogP) is 0.180. The van der Waals surface area contributed by atoms with Crippen LogP contribution in [0.3, 0.4) is 0 Å². The van der Waals surface area contributed by atoms with E-state index in [1.54, 1.807) is 33.8 Å². The quantitative estimate of drug-likeness (QED) is 0.269. The van der Waals surface area contributed by atoms with Gasteiger partial charge in [-0.3, -0.25) is 24.5 Å². The van der Waals surface area contributed by atoms with Crippen LogP contribution in [0, 0.1) is 17.8 Å². The van der Waals surface area contributed by atoms with Crippen molar-refractivity contribution >= 4 is 35.7 Å². The first-order valence-corrected chi connectivity index (χ1v) is 14.1. The molecular formula is C30H48LiN5O8. The number of carbonyl (C=O) groups is 4. The Morgan fingerprint density at radius 3 is 1.89 bits per heavy atom. The fraction of sp³-hybridized carbons (Fsp3) is 0.633. The molecule has 44 heavy (non-hydrogen) atoms. The van der Waals surface area contributed by atoms with E-state index in [1.807, 2.05) is 45.9 Å². The number of nitrogens with zero attached hydrogens (tertiary/aromatic N) is 3. The zero-order valence-electron chi connectivity index (χ0n) is 27.8. The Bertz CT molecular complexity index is 1210. The Morgan fingerprint density at radius 1 is 0.977 bits per heavy atom. The van der Waals surface area contributed by atoms with Crippen LogP contribution >= 0.6 is 0 Å². The van der Waals surface area contributed by atoms with Crippen LogP contribution in [0.15, 0.2) is 24.3 Å². The summed E-state index contributed by atoms with van der Waals surface area (Å²) in [6, 6.07) is 7.30. The zero-order valence-corrected chi connectivity index (χ0v) is 27.8. The molecule has 2 aliphatic rings. The van der Waals surface area contributed by atoms with Crippen molar-refractivity contribution in [1.29, 1.82) is 0 Å². The van der Waals surface area contributed by atoms with Crippen LogP contribution in [0.25, 0.3) is 11.0 Å². The molecule has 0 spiro atoms. The third-order valence-electron chi connectivity index (χ3n) is 6.33. The van der Waals surface area contributed by atoms with Crippen molar-refractivity contribution in [2.75, 3.05) is 13.2 Å². The van der Waals surface area contributed by atoms with Gasteiger partial charge in [0.1, 0.15) is 17.7 Å². The van der Waals surface area contributed by atoms with Crippen LogP contribution in [-0.2, 0) is 38.1 Å². The number of para-hydroxylation sites is 1. The van der Waals surface area contributed by atoms with Gasteiger partial charge in [-0.2, -0.15) is 11.1 Å². The molecule has 2 aromatic rings. The van der Waals surface area contributed by atoms with Gasteiger partial charge in [-0.05, 0) is 39.8 Å². The van der Waals surface area contributed by atoms with Gasteiger partial charge in [0, 0.05) is 10.8 Å². The van der Waals surface area contributed by atoms with E-state index in [1.165, 1.54) is 11.1 Å². The number of ether oxygens (including phenoxy) is 4. The summed E-state index contributed by atoms with van der Waals surface area (Å²) in [7, 11) is 0. The molecule has 0 bridgehead atoms. The monoisotopic (exact) mass is 613 g/mol. The Hall–Kier alpha value is -2.66. The minimum Gasteiger partial charge on any atom is -0.367 e. The molecule has 14 heteroatoms. The standard InChI is InChI=1S/C10H17NO4.C9H17NO3.C7H5N3O.C4H9.Li/c1-9(2)5-14-10(3,4)15-7(9)8(13)11-6-12;1-8(2)5-12-9(3,4)13-6(8)7(10)11;11-5-10-7-4-2-1-3-6(7)8-9-10;1-3-4-2;/h6-7H,5H2,1-4H3,(H,11,12,13);6H,5H2,1-4H3,(H2,10,11);1-5H;1,3-4H2,2H3;/q;;;-1;+1/t7-;6-;;;/m00.../s1. The largest absolute Gasteiger partial charge is 1.00 e. The molecule has 0 unspecified atom stereocenters. The maximum Gasteiger partial charge on any atom is 1.00 e. The Morgan fingerprint density at radius 2 is 1.45 bits per heavy atom. The van der Waals surface area contributed by atoms with E-state index < -0.39 is 41.0 Å². The number of primary amides is 1. The van der Waals surface area contributed by atoms with Gasteiger partial charge in [0.05, 0.1) is 18.7 Å². The molecule has 3 heterocycles. The van der Waals surface area contributed by atoms with Gasteiger partial charge in [-0.1, -0.05) is 58.4 Å². The van der Waals surface area contributed by atoms with Crippen LogP contribution in [0.4, 0.5) is 0 Å². The summed E-state index contributed by atoms with van der Waals surface area (Å²) in [5, 5.41) is 9.49. The van der Waals surface area contributed by atoms with Gasteiger partial charge in [-0.15, -0.1) is 5.10 Å². The summed E-state index contributed by atoms with van der Waals surface area (Å²) in [5.41, 5.74) is 5.93. The molecule has 1 aromatic heterocycles. The molecule has 4 rings (SSSR count). The van der Waals surface area contributed by atoms with E-state index in [4.69, 9.17) is 24.7 Å². The van der Waals surface area contributed by atoms with E-state index in [0.717, 1.165) is 17.5 Å².